The van der Waals surface area contributed by atoms with Crippen LogP contribution in [-0.2, 0) is 16.1 Å². The number of halogens is 1. The summed E-state index contributed by atoms with van der Waals surface area (Å²) in [5.41, 5.74) is 1.09. The third-order valence-corrected chi connectivity index (χ3v) is 2.94. The number of rotatable bonds is 5. The van der Waals surface area contributed by atoms with E-state index in [1.165, 1.54) is 0 Å². The van der Waals surface area contributed by atoms with Gasteiger partial charge in [0.25, 0.3) is 0 Å². The summed E-state index contributed by atoms with van der Waals surface area (Å²) in [4.78, 5) is 35.6. The molecule has 21 heavy (non-hydrogen) atoms. The second kappa shape index (κ2) is 6.41. The summed E-state index contributed by atoms with van der Waals surface area (Å²) in [5.74, 6) is -0.789. The highest BCUT2D eigenvalue weighted by Crippen LogP contribution is 2.11. The summed E-state index contributed by atoms with van der Waals surface area (Å²) < 4.78 is 4.90. The number of ether oxygens (including phenoxy) is 1. The quantitative estimate of drug-likeness (QED) is 0.663. The molecule has 0 spiro atoms. The van der Waals surface area contributed by atoms with Crippen molar-refractivity contribution in [3.05, 3.63) is 47.0 Å². The molecule has 0 aromatic heterocycles. The van der Waals surface area contributed by atoms with Gasteiger partial charge in [-0.2, -0.15) is 0 Å². The number of hydrogen-bond donors (Lipinski definition) is 1. The van der Waals surface area contributed by atoms with Gasteiger partial charge in [-0.15, -0.1) is 0 Å². The molecule has 0 radical (unpaired) electrons. The molecule has 1 aliphatic heterocycles. The van der Waals surface area contributed by atoms with Gasteiger partial charge in [-0.25, -0.2) is 9.59 Å². The SMILES string of the molecule is C=C(Cl)COC(=O)c1ccc(CN2C(=O)CNC2=O)cc1. The molecule has 7 heteroatoms. The number of hydrogen-bond acceptors (Lipinski definition) is 4. The fourth-order valence-electron chi connectivity index (χ4n) is 1.77. The zero-order valence-electron chi connectivity index (χ0n) is 11.1. The Morgan fingerprint density at radius 1 is 1.33 bits per heavy atom. The summed E-state index contributed by atoms with van der Waals surface area (Å²) in [6.45, 7) is 3.55. The third kappa shape index (κ3) is 3.82. The summed E-state index contributed by atoms with van der Waals surface area (Å²) in [6, 6.07) is 6.03. The van der Waals surface area contributed by atoms with Gasteiger partial charge in [0.15, 0.2) is 0 Å². The van der Waals surface area contributed by atoms with E-state index < -0.39 is 12.0 Å². The summed E-state index contributed by atoms with van der Waals surface area (Å²) in [5, 5.41) is 2.67. The van der Waals surface area contributed by atoms with E-state index in [9.17, 15) is 14.4 Å². The first-order valence-corrected chi connectivity index (χ1v) is 6.52. The molecular weight excluding hydrogens is 296 g/mol. The molecule has 0 bridgehead atoms. The molecule has 1 aromatic carbocycles. The van der Waals surface area contributed by atoms with Crippen LogP contribution in [0.4, 0.5) is 4.79 Å². The number of esters is 1. The molecule has 0 unspecified atom stereocenters. The van der Waals surface area contributed by atoms with Crippen LogP contribution in [0.25, 0.3) is 0 Å². The van der Waals surface area contributed by atoms with E-state index in [1.807, 2.05) is 0 Å². The minimum absolute atomic E-state index is 0.0194. The molecule has 1 N–H and O–H groups in total. The van der Waals surface area contributed by atoms with Crippen molar-refractivity contribution in [1.82, 2.24) is 10.2 Å². The van der Waals surface area contributed by atoms with E-state index in [-0.39, 0.29) is 30.6 Å². The van der Waals surface area contributed by atoms with Gasteiger partial charge in [-0.1, -0.05) is 30.3 Å². The van der Waals surface area contributed by atoms with Crippen LogP contribution in [0.15, 0.2) is 35.9 Å². The summed E-state index contributed by atoms with van der Waals surface area (Å²) in [7, 11) is 0. The van der Waals surface area contributed by atoms with Crippen LogP contribution in [-0.4, -0.2) is 36.0 Å². The number of amides is 3. The van der Waals surface area contributed by atoms with E-state index in [0.29, 0.717) is 5.56 Å². The fourth-order valence-corrected chi connectivity index (χ4v) is 1.83. The molecule has 1 aliphatic rings. The Hall–Kier alpha value is -2.34. The van der Waals surface area contributed by atoms with E-state index in [2.05, 4.69) is 11.9 Å². The zero-order valence-corrected chi connectivity index (χ0v) is 11.9. The van der Waals surface area contributed by atoms with Crippen LogP contribution >= 0.6 is 11.6 Å². The molecule has 1 heterocycles. The van der Waals surface area contributed by atoms with Gasteiger partial charge >= 0.3 is 12.0 Å². The van der Waals surface area contributed by atoms with Gasteiger partial charge in [-0.3, -0.25) is 9.69 Å². The number of benzene rings is 1. The first-order chi connectivity index (χ1) is 9.97. The van der Waals surface area contributed by atoms with Crippen LogP contribution in [0, 0.1) is 0 Å². The molecule has 3 amide bonds. The Morgan fingerprint density at radius 3 is 2.52 bits per heavy atom. The number of carbonyl (C=O) groups excluding carboxylic acids is 3. The number of urea groups is 1. The first kappa shape index (κ1) is 15.1. The largest absolute Gasteiger partial charge is 0.456 e. The predicted octanol–water partition coefficient (Wildman–Crippen LogP) is 1.65. The van der Waals surface area contributed by atoms with Crippen molar-refractivity contribution in [3.63, 3.8) is 0 Å². The summed E-state index contributed by atoms with van der Waals surface area (Å²) in [6.07, 6.45) is 0. The maximum atomic E-state index is 11.7. The maximum Gasteiger partial charge on any atom is 0.338 e. The fraction of sp³-hybridized carbons (Fsp3) is 0.214. The second-order valence-corrected chi connectivity index (χ2v) is 4.96. The number of imide groups is 1. The van der Waals surface area contributed by atoms with Crippen molar-refractivity contribution < 1.29 is 19.1 Å². The Morgan fingerprint density at radius 2 is 2.00 bits per heavy atom. The lowest BCUT2D eigenvalue weighted by molar-refractivity contribution is -0.125. The molecule has 1 aromatic rings. The van der Waals surface area contributed by atoms with Crippen LogP contribution in [0.1, 0.15) is 15.9 Å². The van der Waals surface area contributed by atoms with E-state index >= 15 is 0 Å². The van der Waals surface area contributed by atoms with Crippen LogP contribution in [0.2, 0.25) is 0 Å². The lowest BCUT2D eigenvalue weighted by Gasteiger charge is -2.12. The van der Waals surface area contributed by atoms with Crippen molar-refractivity contribution in [2.75, 3.05) is 13.2 Å². The molecule has 0 atom stereocenters. The van der Waals surface area contributed by atoms with Gasteiger partial charge in [0.1, 0.15) is 6.61 Å². The van der Waals surface area contributed by atoms with Crippen LogP contribution in [0.3, 0.4) is 0 Å². The molecule has 0 saturated carbocycles. The predicted molar refractivity (Wildman–Crippen MR) is 75.7 cm³/mol. The second-order valence-electron chi connectivity index (χ2n) is 4.43. The highest BCUT2D eigenvalue weighted by Gasteiger charge is 2.28. The molecule has 1 fully saturated rings. The number of nitrogens with zero attached hydrogens (tertiary/aromatic N) is 1. The van der Waals surface area contributed by atoms with Gasteiger partial charge in [-0.05, 0) is 17.7 Å². The van der Waals surface area contributed by atoms with Crippen molar-refractivity contribution in [2.45, 2.75) is 6.54 Å². The van der Waals surface area contributed by atoms with Gasteiger partial charge in [0, 0.05) is 5.03 Å². The van der Waals surface area contributed by atoms with Gasteiger partial charge in [0.2, 0.25) is 5.91 Å². The van der Waals surface area contributed by atoms with Gasteiger partial charge in [0.05, 0.1) is 18.7 Å². The minimum atomic E-state index is -0.515. The number of nitrogens with one attached hydrogen (secondary N) is 1. The van der Waals surface area contributed by atoms with E-state index in [4.69, 9.17) is 16.3 Å². The highest BCUT2D eigenvalue weighted by atomic mass is 35.5. The Labute approximate surface area is 126 Å². The van der Waals surface area contributed by atoms with Crippen molar-refractivity contribution >= 4 is 29.5 Å². The standard InChI is InChI=1S/C14H13ClN2O4/c1-9(15)8-21-13(19)11-4-2-10(3-5-11)7-17-12(18)6-16-14(17)20/h2-5H,1,6-8H2,(H,16,20). The molecule has 1 saturated heterocycles. The van der Waals surface area contributed by atoms with Crippen LogP contribution < -0.4 is 5.32 Å². The topological polar surface area (TPSA) is 75.7 Å². The van der Waals surface area contributed by atoms with Crippen molar-refractivity contribution in [1.29, 1.82) is 0 Å². The lowest BCUT2D eigenvalue weighted by Crippen LogP contribution is -2.30. The molecule has 6 nitrogen and oxygen atoms in total. The average Bonchev–Trinajstić information content (AvgIpc) is 2.77. The van der Waals surface area contributed by atoms with Crippen LogP contribution in [0.5, 0.6) is 0 Å². The maximum absolute atomic E-state index is 11.7. The highest BCUT2D eigenvalue weighted by molar-refractivity contribution is 6.29. The molecule has 110 valence electrons. The third-order valence-electron chi connectivity index (χ3n) is 2.83. The smallest absolute Gasteiger partial charge is 0.338 e. The zero-order chi connectivity index (χ0) is 15.4. The Bertz CT molecular complexity index is 581. The minimum Gasteiger partial charge on any atom is -0.456 e. The normalized spacial score (nSPS) is 14.0. The summed E-state index contributed by atoms with van der Waals surface area (Å²) >= 11 is 5.51. The monoisotopic (exact) mass is 308 g/mol. The Balaban J connectivity index is 1.98. The number of carbonyl (C=O) groups is 3. The van der Waals surface area contributed by atoms with Gasteiger partial charge < -0.3 is 10.1 Å². The van der Waals surface area contributed by atoms with E-state index in [0.717, 1.165) is 10.5 Å². The first-order valence-electron chi connectivity index (χ1n) is 6.15. The molecule has 0 aliphatic carbocycles. The Kier molecular flexibility index (Phi) is 4.59. The molecular formula is C14H13ClN2O4. The lowest BCUT2D eigenvalue weighted by atomic mass is 10.1. The molecule has 2 rings (SSSR count). The average molecular weight is 309 g/mol. The van der Waals surface area contributed by atoms with E-state index in [1.54, 1.807) is 24.3 Å². The van der Waals surface area contributed by atoms with Crippen molar-refractivity contribution in [2.24, 2.45) is 0 Å². The van der Waals surface area contributed by atoms with Crippen molar-refractivity contribution in [3.8, 4) is 0 Å².